The summed E-state index contributed by atoms with van der Waals surface area (Å²) in [6.45, 7) is 11.5. The first-order valence-corrected chi connectivity index (χ1v) is 15.9. The van der Waals surface area contributed by atoms with Gasteiger partial charge in [0.1, 0.15) is 0 Å². The van der Waals surface area contributed by atoms with E-state index in [1.165, 1.54) is 122 Å². The molecule has 165 valence electrons. The number of rotatable bonds is 22. The van der Waals surface area contributed by atoms with Crippen molar-refractivity contribution < 1.29 is 0 Å². The summed E-state index contributed by atoms with van der Waals surface area (Å²) in [5.41, 5.74) is 0. The number of unbranched alkanes of at least 4 members (excludes halogenated alkanes) is 15. The second-order valence-corrected chi connectivity index (χ2v) is 14.3. The van der Waals surface area contributed by atoms with Crippen molar-refractivity contribution in [2.75, 3.05) is 24.6 Å². The van der Waals surface area contributed by atoms with Crippen LogP contribution < -0.4 is 0 Å². The average molecular weight is 400 g/mol. The summed E-state index contributed by atoms with van der Waals surface area (Å²) in [6, 6.07) is 0. The summed E-state index contributed by atoms with van der Waals surface area (Å²) >= 11 is 0. The second-order valence-electron chi connectivity index (χ2n) is 9.30. The van der Waals surface area contributed by atoms with Crippen LogP contribution in [0.3, 0.4) is 0 Å². The molecule has 0 aromatic heterocycles. The van der Waals surface area contributed by atoms with Gasteiger partial charge in [0.2, 0.25) is 0 Å². The predicted molar refractivity (Wildman–Crippen MR) is 133 cm³/mol. The molecule has 0 heterocycles. The normalized spacial score (nSPS) is 12.6. The zero-order valence-electron chi connectivity index (χ0n) is 19.8. The van der Waals surface area contributed by atoms with Gasteiger partial charge in [-0.25, -0.2) is 0 Å². The van der Waals surface area contributed by atoms with Crippen LogP contribution in [-0.2, 0) is 0 Å². The summed E-state index contributed by atoms with van der Waals surface area (Å²) in [7, 11) is -1.09. The van der Waals surface area contributed by atoms with E-state index >= 15 is 0 Å². The van der Waals surface area contributed by atoms with Crippen molar-refractivity contribution in [2.45, 2.75) is 136 Å². The second kappa shape index (κ2) is 21.1. The third-order valence-corrected chi connectivity index (χ3v) is 12.0. The molecular weight excluding hydrogens is 343 g/mol. The van der Waals surface area contributed by atoms with E-state index in [9.17, 15) is 0 Å². The molecule has 1 heteroatoms. The van der Waals surface area contributed by atoms with Crippen molar-refractivity contribution in [3.05, 3.63) is 6.92 Å². The van der Waals surface area contributed by atoms with Gasteiger partial charge in [-0.1, -0.05) is 0 Å². The Hall–Kier alpha value is 0.430. The monoisotopic (exact) mass is 399 g/mol. The maximum atomic E-state index is 4.50. The third-order valence-electron chi connectivity index (χ3n) is 6.71. The quantitative estimate of drug-likeness (QED) is 0.125. The summed E-state index contributed by atoms with van der Waals surface area (Å²) in [5.74, 6) is 0. The molecule has 0 N–H and O–H groups in total. The van der Waals surface area contributed by atoms with Gasteiger partial charge in [0.05, 0.1) is 0 Å². The van der Waals surface area contributed by atoms with E-state index in [4.69, 9.17) is 0 Å². The summed E-state index contributed by atoms with van der Waals surface area (Å²) in [5, 5.41) is 0. The molecule has 0 atom stereocenters. The van der Waals surface area contributed by atoms with Gasteiger partial charge in [0, 0.05) is 0 Å². The first-order valence-electron chi connectivity index (χ1n) is 13.0. The van der Waals surface area contributed by atoms with E-state index in [0.717, 1.165) is 0 Å². The van der Waals surface area contributed by atoms with Crippen LogP contribution in [0.15, 0.2) is 0 Å². The van der Waals surface area contributed by atoms with E-state index in [0.29, 0.717) is 0 Å². The number of hydrogen-bond donors (Lipinski definition) is 0. The van der Waals surface area contributed by atoms with Crippen LogP contribution in [0.1, 0.15) is 136 Å². The SMILES string of the molecule is [CH2]C[PH](CCCCCCCC)(CCCCCCCC)CCCCCCCC. The average Bonchev–Trinajstić information content (AvgIpc) is 2.69. The van der Waals surface area contributed by atoms with E-state index in [2.05, 4.69) is 27.7 Å². The van der Waals surface area contributed by atoms with Gasteiger partial charge in [-0.3, -0.25) is 0 Å². The minimum atomic E-state index is -1.09. The molecule has 0 spiro atoms. The Morgan fingerprint density at radius 1 is 0.407 bits per heavy atom. The molecule has 0 fully saturated rings. The Morgan fingerprint density at radius 3 is 0.926 bits per heavy atom. The molecule has 0 nitrogen and oxygen atoms in total. The van der Waals surface area contributed by atoms with Crippen LogP contribution in [0, 0.1) is 6.92 Å². The van der Waals surface area contributed by atoms with Crippen LogP contribution in [0.25, 0.3) is 0 Å². The molecule has 0 amide bonds. The summed E-state index contributed by atoms with van der Waals surface area (Å²) < 4.78 is 0. The topological polar surface area (TPSA) is 0 Å². The molecule has 0 aromatic carbocycles. The molecule has 0 aliphatic carbocycles. The summed E-state index contributed by atoms with van der Waals surface area (Å²) in [6.07, 6.45) is 32.3. The molecule has 0 aliphatic heterocycles. The Kier molecular flexibility index (Phi) is 21.5. The first-order chi connectivity index (χ1) is 13.2. The molecule has 27 heavy (non-hydrogen) atoms. The van der Waals surface area contributed by atoms with E-state index < -0.39 is 7.26 Å². The molecular formula is C26H56P. The fraction of sp³-hybridized carbons (Fsp3) is 0.962. The van der Waals surface area contributed by atoms with Crippen molar-refractivity contribution in [3.63, 3.8) is 0 Å². The zero-order valence-corrected chi connectivity index (χ0v) is 20.8. The zero-order chi connectivity index (χ0) is 20.1. The molecule has 0 bridgehead atoms. The van der Waals surface area contributed by atoms with Crippen LogP contribution in [0.5, 0.6) is 0 Å². The van der Waals surface area contributed by atoms with Gasteiger partial charge < -0.3 is 0 Å². The van der Waals surface area contributed by atoms with Crippen LogP contribution in [0.4, 0.5) is 0 Å². The maximum absolute atomic E-state index is 4.50. The Balaban J connectivity index is 4.23. The van der Waals surface area contributed by atoms with Crippen molar-refractivity contribution in [1.29, 1.82) is 0 Å². The molecule has 0 saturated heterocycles. The summed E-state index contributed by atoms with van der Waals surface area (Å²) in [4.78, 5) is 0. The first kappa shape index (κ1) is 27.4. The van der Waals surface area contributed by atoms with E-state index in [1.54, 1.807) is 18.5 Å². The van der Waals surface area contributed by atoms with E-state index in [1.807, 2.05) is 0 Å². The minimum absolute atomic E-state index is 1.09. The van der Waals surface area contributed by atoms with E-state index in [-0.39, 0.29) is 0 Å². The fourth-order valence-electron chi connectivity index (χ4n) is 4.59. The van der Waals surface area contributed by atoms with Crippen molar-refractivity contribution >= 4 is 7.26 Å². The molecule has 0 aromatic rings. The Labute approximate surface area is 175 Å². The standard InChI is InChI=1S/C26H56P/c1-5-9-12-15-18-21-24-27(8-4,25-22-19-16-13-10-6-2)26-23-20-17-14-11-7-3/h27H,4-26H2,1-3H3. The van der Waals surface area contributed by atoms with Crippen LogP contribution in [0.2, 0.25) is 0 Å². The van der Waals surface area contributed by atoms with Crippen LogP contribution >= 0.6 is 7.26 Å². The van der Waals surface area contributed by atoms with Gasteiger partial charge in [-0.05, 0) is 0 Å². The van der Waals surface area contributed by atoms with Crippen molar-refractivity contribution in [3.8, 4) is 0 Å². The van der Waals surface area contributed by atoms with Gasteiger partial charge in [0.25, 0.3) is 0 Å². The number of hydrogen-bond acceptors (Lipinski definition) is 0. The molecule has 0 aliphatic rings. The van der Waals surface area contributed by atoms with Gasteiger partial charge in [-0.2, -0.15) is 0 Å². The predicted octanol–water partition coefficient (Wildman–Crippen LogP) is 9.65. The van der Waals surface area contributed by atoms with Crippen LogP contribution in [-0.4, -0.2) is 24.6 Å². The van der Waals surface area contributed by atoms with Gasteiger partial charge >= 0.3 is 175 Å². The fourth-order valence-corrected chi connectivity index (χ4v) is 9.09. The third kappa shape index (κ3) is 17.0. The van der Waals surface area contributed by atoms with Gasteiger partial charge in [0.15, 0.2) is 0 Å². The molecule has 0 rings (SSSR count). The molecule has 1 radical (unpaired) electrons. The molecule has 0 saturated carbocycles. The van der Waals surface area contributed by atoms with Crippen molar-refractivity contribution in [2.24, 2.45) is 0 Å². The Morgan fingerprint density at radius 2 is 0.667 bits per heavy atom. The van der Waals surface area contributed by atoms with Crippen molar-refractivity contribution in [1.82, 2.24) is 0 Å². The van der Waals surface area contributed by atoms with Gasteiger partial charge in [-0.15, -0.1) is 0 Å². The Bertz CT molecular complexity index is 233. The molecule has 0 unspecified atom stereocenters.